The van der Waals surface area contributed by atoms with Crippen LogP contribution in [0, 0.1) is 6.92 Å². The molecule has 0 atom stereocenters. The highest BCUT2D eigenvalue weighted by atomic mass is 32.2. The zero-order chi connectivity index (χ0) is 17.0. The predicted molar refractivity (Wildman–Crippen MR) is 90.6 cm³/mol. The number of hydrogen-bond donors (Lipinski definition) is 0. The molecule has 0 saturated carbocycles. The van der Waals surface area contributed by atoms with Crippen molar-refractivity contribution in [1.29, 1.82) is 0 Å². The molecule has 0 N–H and O–H groups in total. The average molecular weight is 342 g/mol. The fourth-order valence-corrected chi connectivity index (χ4v) is 3.75. The van der Waals surface area contributed by atoms with Gasteiger partial charge in [-0.1, -0.05) is 23.8 Å². The molecular weight excluding hydrogens is 324 g/mol. The second-order valence-corrected chi connectivity index (χ2v) is 7.46. The molecule has 0 bridgehead atoms. The van der Waals surface area contributed by atoms with Crippen molar-refractivity contribution in [2.24, 2.45) is 0 Å². The Kier molecular flexibility index (Phi) is 4.78. The van der Waals surface area contributed by atoms with Crippen LogP contribution in [-0.4, -0.2) is 17.7 Å². The second-order valence-electron chi connectivity index (χ2n) is 5.53. The molecule has 2 heterocycles. The van der Waals surface area contributed by atoms with Gasteiger partial charge in [-0.25, -0.2) is 8.42 Å². The van der Waals surface area contributed by atoms with E-state index in [1.54, 1.807) is 54.9 Å². The lowest BCUT2D eigenvalue weighted by Gasteiger charge is -2.21. The van der Waals surface area contributed by atoms with Gasteiger partial charge in [-0.05, 0) is 42.8 Å². The summed E-state index contributed by atoms with van der Waals surface area (Å²) in [7, 11) is -3.65. The Morgan fingerprint density at radius 1 is 1.04 bits per heavy atom. The van der Waals surface area contributed by atoms with E-state index in [1.165, 1.54) is 10.6 Å². The maximum atomic E-state index is 13.0. The minimum Gasteiger partial charge on any atom is -0.468 e. The van der Waals surface area contributed by atoms with Crippen LogP contribution in [0.1, 0.15) is 16.9 Å². The molecule has 0 radical (unpaired) electrons. The molecule has 0 aliphatic heterocycles. The molecule has 2 aromatic heterocycles. The number of sulfonamides is 1. The van der Waals surface area contributed by atoms with E-state index in [4.69, 9.17) is 4.42 Å². The van der Waals surface area contributed by atoms with Gasteiger partial charge in [-0.2, -0.15) is 4.31 Å². The van der Waals surface area contributed by atoms with Crippen LogP contribution < -0.4 is 0 Å². The number of aryl methyl sites for hydroxylation is 1. The lowest BCUT2D eigenvalue weighted by atomic mass is 10.2. The predicted octanol–water partition coefficient (Wildman–Crippen LogP) is 3.37. The highest BCUT2D eigenvalue weighted by molar-refractivity contribution is 7.89. The van der Waals surface area contributed by atoms with Gasteiger partial charge in [-0.15, -0.1) is 0 Å². The van der Waals surface area contributed by atoms with Crippen LogP contribution >= 0.6 is 0 Å². The molecule has 24 heavy (non-hydrogen) atoms. The molecule has 124 valence electrons. The first-order valence-electron chi connectivity index (χ1n) is 7.54. The highest BCUT2D eigenvalue weighted by Crippen LogP contribution is 2.21. The fourth-order valence-electron chi connectivity index (χ4n) is 2.36. The van der Waals surface area contributed by atoms with Gasteiger partial charge >= 0.3 is 0 Å². The largest absolute Gasteiger partial charge is 0.468 e. The lowest BCUT2D eigenvalue weighted by molar-refractivity contribution is 0.358. The summed E-state index contributed by atoms with van der Waals surface area (Å²) >= 11 is 0. The summed E-state index contributed by atoms with van der Waals surface area (Å²) < 4.78 is 32.8. The summed E-state index contributed by atoms with van der Waals surface area (Å²) in [5.74, 6) is 0.592. The van der Waals surface area contributed by atoms with Crippen molar-refractivity contribution in [2.45, 2.75) is 24.9 Å². The number of aromatic nitrogens is 1. The first-order valence-corrected chi connectivity index (χ1v) is 8.98. The van der Waals surface area contributed by atoms with Crippen LogP contribution in [-0.2, 0) is 23.1 Å². The molecule has 0 fully saturated rings. The Bertz CT molecular complexity index is 874. The SMILES string of the molecule is Cc1ccc(S(=O)(=O)N(Cc2cccnc2)Cc2ccco2)cc1. The minimum atomic E-state index is -3.65. The van der Waals surface area contributed by atoms with Gasteiger partial charge in [0.05, 0.1) is 17.7 Å². The van der Waals surface area contributed by atoms with E-state index >= 15 is 0 Å². The van der Waals surface area contributed by atoms with Crippen molar-refractivity contribution in [3.05, 3.63) is 84.1 Å². The zero-order valence-corrected chi connectivity index (χ0v) is 14.1. The summed E-state index contributed by atoms with van der Waals surface area (Å²) in [6.45, 7) is 2.31. The van der Waals surface area contributed by atoms with E-state index in [1.807, 2.05) is 13.0 Å². The van der Waals surface area contributed by atoms with Crippen LogP contribution in [0.2, 0.25) is 0 Å². The normalized spacial score (nSPS) is 11.8. The van der Waals surface area contributed by atoms with Gasteiger partial charge in [0, 0.05) is 18.9 Å². The Balaban J connectivity index is 1.94. The maximum absolute atomic E-state index is 13.0. The van der Waals surface area contributed by atoms with E-state index in [0.717, 1.165) is 11.1 Å². The van der Waals surface area contributed by atoms with Gasteiger partial charge in [0.2, 0.25) is 10.0 Å². The summed E-state index contributed by atoms with van der Waals surface area (Å²) in [5.41, 5.74) is 1.83. The average Bonchev–Trinajstić information content (AvgIpc) is 3.09. The number of hydrogen-bond acceptors (Lipinski definition) is 4. The summed E-state index contributed by atoms with van der Waals surface area (Å²) in [6.07, 6.45) is 4.87. The molecule has 5 nitrogen and oxygen atoms in total. The number of nitrogens with zero attached hydrogens (tertiary/aromatic N) is 2. The molecule has 3 rings (SSSR count). The Hall–Kier alpha value is -2.44. The quantitative estimate of drug-likeness (QED) is 0.689. The van der Waals surface area contributed by atoms with E-state index in [2.05, 4.69) is 4.98 Å². The molecule has 0 aliphatic carbocycles. The zero-order valence-electron chi connectivity index (χ0n) is 13.3. The summed E-state index contributed by atoms with van der Waals surface area (Å²) in [4.78, 5) is 4.32. The van der Waals surface area contributed by atoms with Crippen LogP contribution in [0.15, 0.2) is 76.5 Å². The molecule has 0 spiro atoms. The third-order valence-electron chi connectivity index (χ3n) is 3.65. The van der Waals surface area contributed by atoms with Gasteiger partial charge < -0.3 is 4.42 Å². The van der Waals surface area contributed by atoms with Crippen molar-refractivity contribution < 1.29 is 12.8 Å². The third-order valence-corrected chi connectivity index (χ3v) is 5.46. The van der Waals surface area contributed by atoms with Gasteiger partial charge in [0.25, 0.3) is 0 Å². The van der Waals surface area contributed by atoms with E-state index in [-0.39, 0.29) is 18.0 Å². The first-order chi connectivity index (χ1) is 11.6. The van der Waals surface area contributed by atoms with Crippen molar-refractivity contribution in [2.75, 3.05) is 0 Å². The highest BCUT2D eigenvalue weighted by Gasteiger charge is 2.25. The second kappa shape index (κ2) is 6.98. The first kappa shape index (κ1) is 16.4. The molecule has 1 aromatic carbocycles. The Labute approximate surface area is 141 Å². The van der Waals surface area contributed by atoms with Crippen LogP contribution in [0.5, 0.6) is 0 Å². The number of pyridine rings is 1. The van der Waals surface area contributed by atoms with Crippen molar-refractivity contribution in [1.82, 2.24) is 9.29 Å². The molecule has 0 aliphatic rings. The van der Waals surface area contributed by atoms with Gasteiger partial charge in [-0.3, -0.25) is 4.98 Å². The molecule has 3 aromatic rings. The number of benzene rings is 1. The van der Waals surface area contributed by atoms with Crippen molar-refractivity contribution in [3.63, 3.8) is 0 Å². The Morgan fingerprint density at radius 3 is 2.46 bits per heavy atom. The van der Waals surface area contributed by atoms with Gasteiger partial charge in [0.15, 0.2) is 0 Å². The van der Waals surface area contributed by atoms with Crippen LogP contribution in [0.3, 0.4) is 0 Å². The number of rotatable bonds is 6. The lowest BCUT2D eigenvalue weighted by Crippen LogP contribution is -2.30. The third kappa shape index (κ3) is 3.72. The molecule has 6 heteroatoms. The van der Waals surface area contributed by atoms with Crippen molar-refractivity contribution in [3.8, 4) is 0 Å². The topological polar surface area (TPSA) is 63.4 Å². The van der Waals surface area contributed by atoms with Crippen LogP contribution in [0.25, 0.3) is 0 Å². The smallest absolute Gasteiger partial charge is 0.243 e. The van der Waals surface area contributed by atoms with Crippen LogP contribution in [0.4, 0.5) is 0 Å². The summed E-state index contributed by atoms with van der Waals surface area (Å²) in [5, 5.41) is 0. The Morgan fingerprint density at radius 2 is 1.83 bits per heavy atom. The summed E-state index contributed by atoms with van der Waals surface area (Å²) in [6, 6.07) is 14.0. The molecular formula is C18H18N2O3S. The molecule has 0 saturated heterocycles. The standard InChI is InChI=1S/C18H18N2O3S/c1-15-6-8-18(9-7-15)24(21,22)20(14-17-5-3-11-23-17)13-16-4-2-10-19-12-16/h2-12H,13-14H2,1H3. The molecule has 0 unspecified atom stereocenters. The van der Waals surface area contributed by atoms with E-state index < -0.39 is 10.0 Å². The molecule has 0 amide bonds. The van der Waals surface area contributed by atoms with Gasteiger partial charge in [0.1, 0.15) is 5.76 Å². The van der Waals surface area contributed by atoms with E-state index in [9.17, 15) is 8.42 Å². The fraction of sp³-hybridized carbons (Fsp3) is 0.167. The minimum absolute atomic E-state index is 0.165. The van der Waals surface area contributed by atoms with Crippen molar-refractivity contribution >= 4 is 10.0 Å². The monoisotopic (exact) mass is 342 g/mol. The number of furan rings is 1. The maximum Gasteiger partial charge on any atom is 0.243 e. The van der Waals surface area contributed by atoms with E-state index in [0.29, 0.717) is 5.76 Å².